The fraction of sp³-hybridized carbons (Fsp3) is 0.250. The molecule has 19 heavy (non-hydrogen) atoms. The Morgan fingerprint density at radius 1 is 1.42 bits per heavy atom. The van der Waals surface area contributed by atoms with Gasteiger partial charge in [-0.25, -0.2) is 4.79 Å². The largest absolute Gasteiger partial charge is 0.425 e. The van der Waals surface area contributed by atoms with Crippen molar-refractivity contribution in [1.29, 1.82) is 5.41 Å². The molecule has 0 aliphatic carbocycles. The molecule has 1 unspecified atom stereocenters. The number of hydrogen-bond acceptors (Lipinski definition) is 4. The number of benzene rings is 1. The highest BCUT2D eigenvalue weighted by Gasteiger charge is 2.24. The third-order valence-corrected chi connectivity index (χ3v) is 2.45. The predicted octanol–water partition coefficient (Wildman–Crippen LogP) is 1.45. The molecule has 1 atom stereocenters. The smallest absolute Gasteiger partial charge is 0.330 e. The Kier molecular flexibility index (Phi) is 4.95. The average molecular weight is 280 g/mol. The third-order valence-electron chi connectivity index (χ3n) is 2.06. The van der Waals surface area contributed by atoms with Crippen molar-refractivity contribution in [2.24, 2.45) is 5.73 Å². The summed E-state index contributed by atoms with van der Waals surface area (Å²) in [6, 6.07) is 6.60. The van der Waals surface area contributed by atoms with Crippen LogP contribution in [-0.4, -0.2) is 17.5 Å². The number of hydrogen-bond donors (Lipinski definition) is 4. The molecule has 1 aromatic rings. The summed E-state index contributed by atoms with van der Waals surface area (Å²) in [7, 11) is -0.0427. The molecular weight excluding hydrogens is 263 g/mol. The quantitative estimate of drug-likeness (QED) is 0.221. The van der Waals surface area contributed by atoms with Crippen molar-refractivity contribution in [3.63, 3.8) is 0 Å². The van der Waals surface area contributed by atoms with Gasteiger partial charge in [0.25, 0.3) is 0 Å². The summed E-state index contributed by atoms with van der Waals surface area (Å²) in [5.74, 6) is -0.00474. The minimum absolute atomic E-state index is 0.0427. The number of carbonyl (C=O) groups is 1. The first-order valence-corrected chi connectivity index (χ1v) is 6.59. The van der Waals surface area contributed by atoms with Gasteiger partial charge in [-0.1, -0.05) is 0 Å². The number of guanidine groups is 1. The number of nitrogens with one attached hydrogen (secondary N) is 3. The van der Waals surface area contributed by atoms with Gasteiger partial charge >= 0.3 is 5.97 Å². The van der Waals surface area contributed by atoms with Crippen molar-refractivity contribution in [3.8, 4) is 11.9 Å². The van der Waals surface area contributed by atoms with Crippen LogP contribution in [0, 0.1) is 11.5 Å². The lowest BCUT2D eigenvalue weighted by molar-refractivity contribution is -0.139. The van der Waals surface area contributed by atoms with Gasteiger partial charge in [-0.05, 0) is 46.3 Å². The molecule has 1 aromatic carbocycles. The minimum atomic E-state index is -1.04. The van der Waals surface area contributed by atoms with Gasteiger partial charge < -0.3 is 20.9 Å². The summed E-state index contributed by atoms with van der Waals surface area (Å²) in [5, 5.41) is 12.9. The SMILES string of the molecule is C#[PH]NC(=N)Nc1ccc(OC(=O)C(C)(C)N)cc1. The molecule has 6 nitrogen and oxygen atoms in total. The highest BCUT2D eigenvalue weighted by Crippen LogP contribution is 2.17. The molecule has 0 aliphatic heterocycles. The van der Waals surface area contributed by atoms with Crippen LogP contribution in [0.4, 0.5) is 5.69 Å². The van der Waals surface area contributed by atoms with Crippen molar-refractivity contribution < 1.29 is 9.53 Å². The second-order valence-electron chi connectivity index (χ2n) is 4.40. The maximum Gasteiger partial charge on any atom is 0.330 e. The molecule has 0 saturated carbocycles. The molecule has 0 heterocycles. The Morgan fingerprint density at radius 2 is 2.00 bits per heavy atom. The molecule has 0 radical (unpaired) electrons. The van der Waals surface area contributed by atoms with Crippen LogP contribution < -0.4 is 20.9 Å². The number of anilines is 1. The lowest BCUT2D eigenvalue weighted by Crippen LogP contribution is -2.44. The van der Waals surface area contributed by atoms with E-state index < -0.39 is 11.5 Å². The Hall–Kier alpha value is -2.00. The van der Waals surface area contributed by atoms with Gasteiger partial charge in [0.1, 0.15) is 11.3 Å². The molecule has 1 rings (SSSR count). The summed E-state index contributed by atoms with van der Waals surface area (Å²) >= 11 is 0. The zero-order chi connectivity index (χ0) is 14.5. The van der Waals surface area contributed by atoms with Crippen LogP contribution in [-0.2, 0) is 4.79 Å². The zero-order valence-electron chi connectivity index (χ0n) is 10.8. The number of rotatable bonds is 3. The Bertz CT molecular complexity index is 514. The molecular formula is C12H17N4O2P. The van der Waals surface area contributed by atoms with Gasteiger partial charge in [-0.3, -0.25) is 5.41 Å². The summed E-state index contributed by atoms with van der Waals surface area (Å²) in [6.45, 7) is 3.15. The van der Waals surface area contributed by atoms with E-state index >= 15 is 0 Å². The van der Waals surface area contributed by atoms with E-state index in [1.165, 1.54) is 0 Å². The second kappa shape index (κ2) is 6.25. The standard InChI is InChI=1S/C12H17N4O2P/c1-12(2,14)10(17)18-9-6-4-8(5-7-9)15-11(13)16-19-3/h3-7,19H,14H2,1-2H3,(H3,13,15,16). The maximum atomic E-state index is 11.6. The van der Waals surface area contributed by atoms with Crippen LogP contribution in [0.2, 0.25) is 0 Å². The summed E-state index contributed by atoms with van der Waals surface area (Å²) < 4.78 is 5.11. The molecule has 0 amide bonds. The van der Waals surface area contributed by atoms with E-state index in [9.17, 15) is 4.79 Å². The van der Waals surface area contributed by atoms with Gasteiger partial charge in [0.15, 0.2) is 5.96 Å². The summed E-state index contributed by atoms with van der Waals surface area (Å²) in [6.07, 6.45) is 5.27. The van der Waals surface area contributed by atoms with Gasteiger partial charge in [0.05, 0.1) is 0 Å². The Morgan fingerprint density at radius 3 is 2.47 bits per heavy atom. The maximum absolute atomic E-state index is 11.6. The Balaban J connectivity index is 2.65. The van der Waals surface area contributed by atoms with Crippen LogP contribution in [0.5, 0.6) is 5.75 Å². The van der Waals surface area contributed by atoms with E-state index in [0.717, 1.165) is 0 Å². The first-order chi connectivity index (χ1) is 8.82. The van der Waals surface area contributed by atoms with E-state index in [-0.39, 0.29) is 14.1 Å². The zero-order valence-corrected chi connectivity index (χ0v) is 11.8. The molecule has 7 heteroatoms. The topological polar surface area (TPSA) is 100 Å². The molecule has 0 bridgehead atoms. The van der Waals surface area contributed by atoms with E-state index in [0.29, 0.717) is 11.4 Å². The lowest BCUT2D eigenvalue weighted by Gasteiger charge is -2.16. The first kappa shape index (κ1) is 15.1. The molecule has 0 aliphatic rings. The van der Waals surface area contributed by atoms with Gasteiger partial charge in [-0.2, -0.15) is 0 Å². The number of esters is 1. The highest BCUT2D eigenvalue weighted by molar-refractivity contribution is 7.24. The van der Waals surface area contributed by atoms with Crippen molar-refractivity contribution in [1.82, 2.24) is 5.09 Å². The fourth-order valence-corrected chi connectivity index (χ4v) is 1.30. The first-order valence-electron chi connectivity index (χ1n) is 5.51. The summed E-state index contributed by atoms with van der Waals surface area (Å²) in [5.41, 5.74) is 5.27. The van der Waals surface area contributed by atoms with Gasteiger partial charge in [-0.15, -0.1) is 6.13 Å². The molecule has 0 fully saturated rings. The molecule has 5 N–H and O–H groups in total. The Labute approximate surface area is 113 Å². The van der Waals surface area contributed by atoms with Crippen molar-refractivity contribution in [2.45, 2.75) is 19.4 Å². The fourth-order valence-electron chi connectivity index (χ4n) is 1.09. The van der Waals surface area contributed by atoms with E-state index in [4.69, 9.17) is 22.0 Å². The average Bonchev–Trinajstić information content (AvgIpc) is 2.30. The number of ether oxygens (including phenoxy) is 1. The van der Waals surface area contributed by atoms with Crippen LogP contribution in [0.25, 0.3) is 0 Å². The molecule has 0 aromatic heterocycles. The van der Waals surface area contributed by atoms with E-state index in [1.807, 2.05) is 0 Å². The van der Waals surface area contributed by atoms with Crippen molar-refractivity contribution in [3.05, 3.63) is 24.3 Å². The predicted molar refractivity (Wildman–Crippen MR) is 78.1 cm³/mol. The third kappa shape index (κ3) is 5.02. The number of nitrogens with two attached hydrogens (primary N) is 1. The second-order valence-corrected chi connectivity index (χ2v) is 4.94. The van der Waals surface area contributed by atoms with Crippen LogP contribution >= 0.6 is 8.19 Å². The molecule has 0 saturated heterocycles. The van der Waals surface area contributed by atoms with Crippen LogP contribution in [0.15, 0.2) is 24.3 Å². The number of carbonyl (C=O) groups excluding carboxylic acids is 1. The van der Waals surface area contributed by atoms with Crippen LogP contribution in [0.3, 0.4) is 0 Å². The highest BCUT2D eigenvalue weighted by atomic mass is 31.1. The van der Waals surface area contributed by atoms with Crippen molar-refractivity contribution >= 4 is 25.8 Å². The van der Waals surface area contributed by atoms with Crippen molar-refractivity contribution in [2.75, 3.05) is 5.32 Å². The van der Waals surface area contributed by atoms with Gasteiger partial charge in [0.2, 0.25) is 0 Å². The normalized spacial score (nSPS) is 10.8. The summed E-state index contributed by atoms with van der Waals surface area (Å²) in [4.78, 5) is 11.6. The molecule has 102 valence electrons. The van der Waals surface area contributed by atoms with Crippen LogP contribution in [0.1, 0.15) is 13.8 Å². The lowest BCUT2D eigenvalue weighted by atomic mass is 10.1. The monoisotopic (exact) mass is 280 g/mol. The molecule has 0 spiro atoms. The minimum Gasteiger partial charge on any atom is -0.425 e. The van der Waals surface area contributed by atoms with E-state index in [2.05, 4.69) is 10.4 Å². The van der Waals surface area contributed by atoms with E-state index in [1.54, 1.807) is 38.1 Å². The van der Waals surface area contributed by atoms with Gasteiger partial charge in [0, 0.05) is 5.69 Å².